The van der Waals surface area contributed by atoms with Crippen LogP contribution < -0.4 is 10.5 Å². The average molecular weight is 359 g/mol. The molecule has 0 aliphatic rings. The SMILES string of the molecule is CC(N)c1cc(Cl)ccc1OCc1ccc(Br)cc1F. The highest BCUT2D eigenvalue weighted by molar-refractivity contribution is 9.10. The number of hydrogen-bond donors (Lipinski definition) is 1. The first-order chi connectivity index (χ1) is 9.47. The van der Waals surface area contributed by atoms with Crippen LogP contribution >= 0.6 is 27.5 Å². The topological polar surface area (TPSA) is 35.2 Å². The van der Waals surface area contributed by atoms with E-state index in [0.717, 1.165) is 5.56 Å². The second-order valence-corrected chi connectivity index (χ2v) is 5.85. The molecule has 0 fully saturated rings. The molecule has 0 spiro atoms. The van der Waals surface area contributed by atoms with E-state index >= 15 is 0 Å². The van der Waals surface area contributed by atoms with E-state index in [1.807, 2.05) is 6.92 Å². The normalized spacial score (nSPS) is 12.2. The summed E-state index contributed by atoms with van der Waals surface area (Å²) in [7, 11) is 0. The zero-order valence-corrected chi connectivity index (χ0v) is 13.2. The molecule has 0 aromatic heterocycles. The first-order valence-corrected chi connectivity index (χ1v) is 7.26. The van der Waals surface area contributed by atoms with E-state index in [4.69, 9.17) is 22.1 Å². The van der Waals surface area contributed by atoms with Gasteiger partial charge in [-0.1, -0.05) is 33.6 Å². The third kappa shape index (κ3) is 3.72. The van der Waals surface area contributed by atoms with Crippen molar-refractivity contribution in [2.45, 2.75) is 19.6 Å². The second-order valence-electron chi connectivity index (χ2n) is 4.50. The third-order valence-corrected chi connectivity index (χ3v) is 3.59. The van der Waals surface area contributed by atoms with E-state index in [0.29, 0.717) is 20.8 Å². The molecule has 0 aliphatic carbocycles. The van der Waals surface area contributed by atoms with Gasteiger partial charge in [0.25, 0.3) is 0 Å². The van der Waals surface area contributed by atoms with Gasteiger partial charge in [0, 0.05) is 26.7 Å². The molecule has 0 aliphatic heterocycles. The molecule has 0 amide bonds. The Balaban J connectivity index is 2.18. The number of rotatable bonds is 4. The van der Waals surface area contributed by atoms with Gasteiger partial charge in [0.2, 0.25) is 0 Å². The number of nitrogens with two attached hydrogens (primary N) is 1. The molecule has 0 heterocycles. The minimum Gasteiger partial charge on any atom is -0.488 e. The highest BCUT2D eigenvalue weighted by Gasteiger charge is 2.10. The number of benzene rings is 2. The molecule has 0 radical (unpaired) electrons. The van der Waals surface area contributed by atoms with Gasteiger partial charge in [-0.15, -0.1) is 0 Å². The molecule has 2 N–H and O–H groups in total. The highest BCUT2D eigenvalue weighted by Crippen LogP contribution is 2.28. The molecule has 0 saturated heterocycles. The smallest absolute Gasteiger partial charge is 0.130 e. The van der Waals surface area contributed by atoms with Crippen molar-refractivity contribution in [1.29, 1.82) is 0 Å². The van der Waals surface area contributed by atoms with Crippen LogP contribution in [0.3, 0.4) is 0 Å². The van der Waals surface area contributed by atoms with Crippen molar-refractivity contribution >= 4 is 27.5 Å². The van der Waals surface area contributed by atoms with E-state index in [1.165, 1.54) is 6.07 Å². The fourth-order valence-electron chi connectivity index (χ4n) is 1.80. The molecule has 2 rings (SSSR count). The van der Waals surface area contributed by atoms with E-state index in [2.05, 4.69) is 15.9 Å². The Morgan fingerprint density at radius 2 is 2.05 bits per heavy atom. The maximum Gasteiger partial charge on any atom is 0.130 e. The minimum atomic E-state index is -0.310. The van der Waals surface area contributed by atoms with Crippen LogP contribution in [-0.4, -0.2) is 0 Å². The lowest BCUT2D eigenvalue weighted by Gasteiger charge is -2.14. The molecule has 1 unspecified atom stereocenters. The molecule has 1 atom stereocenters. The van der Waals surface area contributed by atoms with Crippen molar-refractivity contribution in [2.24, 2.45) is 5.73 Å². The van der Waals surface area contributed by atoms with Crippen molar-refractivity contribution in [3.8, 4) is 5.75 Å². The quantitative estimate of drug-likeness (QED) is 0.848. The van der Waals surface area contributed by atoms with Crippen molar-refractivity contribution < 1.29 is 9.13 Å². The molecule has 5 heteroatoms. The second kappa shape index (κ2) is 6.57. The van der Waals surface area contributed by atoms with E-state index < -0.39 is 0 Å². The molecule has 20 heavy (non-hydrogen) atoms. The summed E-state index contributed by atoms with van der Waals surface area (Å²) in [5.74, 6) is 0.308. The van der Waals surface area contributed by atoms with Crippen LogP contribution in [0.5, 0.6) is 5.75 Å². The predicted octanol–water partition coefficient (Wildman–Crippen LogP) is 4.84. The lowest BCUT2D eigenvalue weighted by Crippen LogP contribution is -2.08. The Morgan fingerprint density at radius 1 is 1.30 bits per heavy atom. The van der Waals surface area contributed by atoms with Gasteiger partial charge in [0.05, 0.1) is 0 Å². The Bertz CT molecular complexity index is 619. The van der Waals surface area contributed by atoms with Crippen LogP contribution in [0.4, 0.5) is 4.39 Å². The van der Waals surface area contributed by atoms with Gasteiger partial charge in [-0.05, 0) is 37.3 Å². The summed E-state index contributed by atoms with van der Waals surface area (Å²) in [4.78, 5) is 0. The van der Waals surface area contributed by atoms with Gasteiger partial charge in [-0.25, -0.2) is 4.39 Å². The van der Waals surface area contributed by atoms with Crippen LogP contribution in [0.25, 0.3) is 0 Å². The van der Waals surface area contributed by atoms with Gasteiger partial charge in [0.15, 0.2) is 0 Å². The zero-order valence-electron chi connectivity index (χ0n) is 10.9. The summed E-state index contributed by atoms with van der Waals surface area (Å²) in [6, 6.07) is 9.89. The van der Waals surface area contributed by atoms with Crippen LogP contribution in [0, 0.1) is 5.82 Å². The summed E-state index contributed by atoms with van der Waals surface area (Å²) >= 11 is 9.16. The minimum absolute atomic E-state index is 0.139. The Labute approximate surface area is 130 Å². The monoisotopic (exact) mass is 357 g/mol. The maximum atomic E-state index is 13.7. The van der Waals surface area contributed by atoms with Gasteiger partial charge in [0.1, 0.15) is 18.2 Å². The molecule has 0 bridgehead atoms. The summed E-state index contributed by atoms with van der Waals surface area (Å²) in [5.41, 5.74) is 7.17. The third-order valence-electron chi connectivity index (χ3n) is 2.86. The molecular formula is C15H14BrClFNO. The fraction of sp³-hybridized carbons (Fsp3) is 0.200. The van der Waals surface area contributed by atoms with Crippen molar-refractivity contribution in [3.63, 3.8) is 0 Å². The Kier molecular flexibility index (Phi) is 5.02. The van der Waals surface area contributed by atoms with Crippen LogP contribution in [0.2, 0.25) is 5.02 Å². The largest absolute Gasteiger partial charge is 0.488 e. The first kappa shape index (κ1) is 15.3. The summed E-state index contributed by atoms with van der Waals surface area (Å²) in [5, 5.41) is 0.597. The van der Waals surface area contributed by atoms with E-state index in [-0.39, 0.29) is 18.5 Å². The van der Waals surface area contributed by atoms with E-state index in [1.54, 1.807) is 30.3 Å². The van der Waals surface area contributed by atoms with Crippen LogP contribution in [-0.2, 0) is 6.61 Å². The van der Waals surface area contributed by atoms with Gasteiger partial charge in [-0.3, -0.25) is 0 Å². The Morgan fingerprint density at radius 3 is 2.70 bits per heavy atom. The predicted molar refractivity (Wildman–Crippen MR) is 82.5 cm³/mol. The molecule has 2 aromatic carbocycles. The van der Waals surface area contributed by atoms with Crippen molar-refractivity contribution in [2.75, 3.05) is 0 Å². The summed E-state index contributed by atoms with van der Waals surface area (Å²) < 4.78 is 20.1. The molecule has 2 nitrogen and oxygen atoms in total. The average Bonchev–Trinajstić information content (AvgIpc) is 2.38. The molecular weight excluding hydrogens is 345 g/mol. The van der Waals surface area contributed by atoms with Gasteiger partial charge >= 0.3 is 0 Å². The molecule has 2 aromatic rings. The lowest BCUT2D eigenvalue weighted by molar-refractivity contribution is 0.295. The number of ether oxygens (including phenoxy) is 1. The van der Waals surface area contributed by atoms with Gasteiger partial charge in [-0.2, -0.15) is 0 Å². The molecule has 106 valence electrons. The van der Waals surface area contributed by atoms with E-state index in [9.17, 15) is 4.39 Å². The zero-order chi connectivity index (χ0) is 14.7. The van der Waals surface area contributed by atoms with Crippen molar-refractivity contribution in [1.82, 2.24) is 0 Å². The van der Waals surface area contributed by atoms with Crippen LogP contribution in [0.15, 0.2) is 40.9 Å². The summed E-state index contributed by atoms with van der Waals surface area (Å²) in [6.07, 6.45) is 0. The lowest BCUT2D eigenvalue weighted by atomic mass is 10.1. The number of halogens is 3. The fourth-order valence-corrected chi connectivity index (χ4v) is 2.31. The Hall–Kier alpha value is -1.10. The summed E-state index contributed by atoms with van der Waals surface area (Å²) in [6.45, 7) is 1.99. The standard InChI is InChI=1S/C15H14BrClFNO/c1-9(19)13-7-12(17)4-5-15(13)20-8-10-2-3-11(16)6-14(10)18/h2-7,9H,8,19H2,1H3. The van der Waals surface area contributed by atoms with Gasteiger partial charge < -0.3 is 10.5 Å². The van der Waals surface area contributed by atoms with Crippen LogP contribution in [0.1, 0.15) is 24.1 Å². The maximum absolute atomic E-state index is 13.7. The number of hydrogen-bond acceptors (Lipinski definition) is 2. The first-order valence-electron chi connectivity index (χ1n) is 6.09. The highest BCUT2D eigenvalue weighted by atomic mass is 79.9. The van der Waals surface area contributed by atoms with Crippen molar-refractivity contribution in [3.05, 3.63) is 62.8 Å². The molecule has 0 saturated carbocycles.